The Morgan fingerprint density at radius 1 is 0.837 bits per heavy atom. The lowest BCUT2D eigenvalue weighted by Gasteiger charge is -2.17. The third-order valence-corrected chi connectivity index (χ3v) is 5.45. The van der Waals surface area contributed by atoms with Crippen LogP contribution in [0.2, 0.25) is 0 Å². The van der Waals surface area contributed by atoms with E-state index in [0.717, 1.165) is 0 Å². The number of rotatable bonds is 13. The first-order valence-corrected chi connectivity index (χ1v) is 14.8. The molecule has 0 aliphatic heterocycles. The number of nitrogens with zero attached hydrogens (tertiary/aromatic N) is 2. The van der Waals surface area contributed by atoms with E-state index in [-0.39, 0.29) is 19.4 Å². The molecule has 0 bridgehead atoms. The van der Waals surface area contributed by atoms with Crippen molar-refractivity contribution in [2.45, 2.75) is 79.9 Å². The highest BCUT2D eigenvalue weighted by Gasteiger charge is 2.21. The van der Waals surface area contributed by atoms with Crippen molar-refractivity contribution in [2.24, 2.45) is 0 Å². The third-order valence-electron chi connectivity index (χ3n) is 5.45. The summed E-state index contributed by atoms with van der Waals surface area (Å²) in [5.74, 6) is -2.48. The summed E-state index contributed by atoms with van der Waals surface area (Å²) in [5.41, 5.74) is 1.77. The van der Waals surface area contributed by atoms with E-state index < -0.39 is 30.1 Å². The Morgan fingerprint density at radius 2 is 1.37 bits per heavy atom. The van der Waals surface area contributed by atoms with Crippen molar-refractivity contribution in [3.8, 4) is 0 Å². The average Bonchev–Trinajstić information content (AvgIpc) is 3.01. The van der Waals surface area contributed by atoms with Crippen molar-refractivity contribution in [2.75, 3.05) is 37.4 Å². The lowest BCUT2D eigenvalue weighted by atomic mass is 10.1. The fraction of sp³-hybridized carbons (Fsp3) is 0.500. The number of nitrogens with one attached hydrogen (secondary N) is 2. The Labute approximate surface area is 257 Å². The van der Waals surface area contributed by atoms with E-state index in [2.05, 4.69) is 36.4 Å². The Bertz CT molecular complexity index is 1030. The second kappa shape index (κ2) is 25.6. The first-order chi connectivity index (χ1) is 20.6. The van der Waals surface area contributed by atoms with E-state index in [0.29, 0.717) is 16.9 Å². The van der Waals surface area contributed by atoms with Crippen LogP contribution in [0.5, 0.6) is 0 Å². The summed E-state index contributed by atoms with van der Waals surface area (Å²) < 4.78 is 5.26. The Kier molecular flexibility index (Phi) is 24.4. The standard InChI is InChI=1S/C21H23N3O7.C7H17N.2C2H6/c1-24(16-5-3-2-4-6-16)21(30)31-13-14-7-9-15(10-8-14)22-20(29)23-17(19(27)28)11-12-18(25)26;1-4-6-8(3)7-5-2;2*1-2/h2-10,17H,11-13H2,1H3,(H,25,26)(H,27,28)(H2,22,23,29);4-7H2,1-3H3;2*1-2H3. The summed E-state index contributed by atoms with van der Waals surface area (Å²) in [6, 6.07) is 13.3. The van der Waals surface area contributed by atoms with Gasteiger partial charge in [0.15, 0.2) is 0 Å². The average molecular weight is 605 g/mol. The van der Waals surface area contributed by atoms with E-state index in [1.807, 2.05) is 45.9 Å². The molecule has 0 aliphatic carbocycles. The number of aliphatic carboxylic acids is 2. The molecule has 2 aromatic carbocycles. The normalized spacial score (nSPS) is 10.3. The number of amides is 3. The van der Waals surface area contributed by atoms with Crippen LogP contribution in [-0.4, -0.2) is 72.4 Å². The molecule has 0 aliphatic rings. The maximum Gasteiger partial charge on any atom is 0.414 e. The molecule has 0 saturated carbocycles. The number of urea groups is 1. The van der Waals surface area contributed by atoms with Crippen molar-refractivity contribution in [1.82, 2.24) is 10.2 Å². The number of carbonyl (C=O) groups excluding carboxylic acids is 2. The van der Waals surface area contributed by atoms with E-state index in [9.17, 15) is 19.2 Å². The number of anilines is 2. The summed E-state index contributed by atoms with van der Waals surface area (Å²) in [6.45, 7) is 14.9. The van der Waals surface area contributed by atoms with E-state index in [4.69, 9.17) is 14.9 Å². The molecule has 3 amide bonds. The summed E-state index contributed by atoms with van der Waals surface area (Å²) in [7, 11) is 3.77. The van der Waals surface area contributed by atoms with Crippen molar-refractivity contribution in [3.63, 3.8) is 0 Å². The van der Waals surface area contributed by atoms with E-state index in [1.165, 1.54) is 30.8 Å². The molecule has 11 nitrogen and oxygen atoms in total. The fourth-order valence-corrected chi connectivity index (χ4v) is 3.41. The fourth-order valence-electron chi connectivity index (χ4n) is 3.41. The van der Waals surface area contributed by atoms with Crippen molar-refractivity contribution in [1.29, 1.82) is 0 Å². The smallest absolute Gasteiger partial charge is 0.414 e. The molecule has 242 valence electrons. The van der Waals surface area contributed by atoms with Gasteiger partial charge in [0.05, 0.1) is 0 Å². The number of carboxylic acids is 2. The van der Waals surface area contributed by atoms with E-state index in [1.54, 1.807) is 43.4 Å². The molecule has 1 unspecified atom stereocenters. The molecule has 4 N–H and O–H groups in total. The Balaban J connectivity index is 0. The topological polar surface area (TPSA) is 149 Å². The highest BCUT2D eigenvalue weighted by Crippen LogP contribution is 2.14. The highest BCUT2D eigenvalue weighted by molar-refractivity contribution is 5.92. The van der Waals surface area contributed by atoms with Crippen LogP contribution in [-0.2, 0) is 20.9 Å². The van der Waals surface area contributed by atoms with Crippen LogP contribution < -0.4 is 15.5 Å². The van der Waals surface area contributed by atoms with Gasteiger partial charge in [0.2, 0.25) is 0 Å². The van der Waals surface area contributed by atoms with Gasteiger partial charge in [-0.3, -0.25) is 9.69 Å². The number of carboxylic acid groups (broad SMARTS) is 2. The van der Waals surface area contributed by atoms with Crippen LogP contribution in [0.4, 0.5) is 21.0 Å². The molecule has 0 radical (unpaired) electrons. The van der Waals surface area contributed by atoms with E-state index >= 15 is 0 Å². The van der Waals surface area contributed by atoms with Crippen LogP contribution in [0.3, 0.4) is 0 Å². The van der Waals surface area contributed by atoms with Crippen molar-refractivity contribution >= 4 is 35.4 Å². The van der Waals surface area contributed by atoms with Crippen LogP contribution in [0.1, 0.15) is 72.8 Å². The minimum Gasteiger partial charge on any atom is -0.481 e. The second-order valence-electron chi connectivity index (χ2n) is 8.87. The molecule has 43 heavy (non-hydrogen) atoms. The van der Waals surface area contributed by atoms with Crippen LogP contribution in [0, 0.1) is 0 Å². The minimum atomic E-state index is -1.32. The molecule has 2 rings (SSSR count). The largest absolute Gasteiger partial charge is 0.481 e. The molecule has 0 aromatic heterocycles. The lowest BCUT2D eigenvalue weighted by molar-refractivity contribution is -0.140. The van der Waals surface area contributed by atoms with Crippen LogP contribution in [0.25, 0.3) is 0 Å². The molecule has 1 atom stereocenters. The first-order valence-electron chi connectivity index (χ1n) is 14.8. The van der Waals surface area contributed by atoms with Gasteiger partial charge in [-0.1, -0.05) is 71.9 Å². The lowest BCUT2D eigenvalue weighted by Crippen LogP contribution is -2.43. The van der Waals surface area contributed by atoms with Crippen molar-refractivity contribution < 1.29 is 34.1 Å². The molecular formula is C32H52N4O7. The number of carbonyl (C=O) groups is 4. The molecular weight excluding hydrogens is 552 g/mol. The molecule has 0 fully saturated rings. The highest BCUT2D eigenvalue weighted by atomic mass is 16.6. The van der Waals surface area contributed by atoms with Gasteiger partial charge in [0.25, 0.3) is 0 Å². The number of hydrogen-bond donors (Lipinski definition) is 4. The predicted molar refractivity (Wildman–Crippen MR) is 173 cm³/mol. The summed E-state index contributed by atoms with van der Waals surface area (Å²) in [5, 5.41) is 22.4. The summed E-state index contributed by atoms with van der Waals surface area (Å²) in [6.07, 6.45) is 1.41. The maximum absolute atomic E-state index is 12.1. The summed E-state index contributed by atoms with van der Waals surface area (Å²) >= 11 is 0. The Hall–Kier alpha value is -4.12. The number of ether oxygens (including phenoxy) is 1. The molecule has 0 spiro atoms. The van der Waals surface area contributed by atoms with Gasteiger partial charge in [-0.25, -0.2) is 14.4 Å². The first kappa shape index (κ1) is 41.0. The Morgan fingerprint density at radius 3 is 1.84 bits per heavy atom. The van der Waals surface area contributed by atoms with Gasteiger partial charge in [-0.15, -0.1) is 0 Å². The predicted octanol–water partition coefficient (Wildman–Crippen LogP) is 6.69. The molecule has 0 heterocycles. The molecule has 2 aromatic rings. The monoisotopic (exact) mass is 604 g/mol. The molecule has 11 heteroatoms. The maximum atomic E-state index is 12.1. The van der Waals surface area contributed by atoms with Gasteiger partial charge in [0.1, 0.15) is 12.6 Å². The van der Waals surface area contributed by atoms with Crippen molar-refractivity contribution in [3.05, 3.63) is 60.2 Å². The van der Waals surface area contributed by atoms with Crippen LogP contribution in [0.15, 0.2) is 54.6 Å². The SMILES string of the molecule is CC.CC.CCCN(C)CCC.CN(C(=O)OCc1ccc(NC(=O)NC(CCC(=O)O)C(=O)O)cc1)c1ccccc1. The minimum absolute atomic E-state index is 0.0265. The third kappa shape index (κ3) is 19.6. The van der Waals surface area contributed by atoms with Gasteiger partial charge in [0, 0.05) is 24.8 Å². The van der Waals surface area contributed by atoms with Gasteiger partial charge in [-0.2, -0.15) is 0 Å². The number of hydrogen-bond acceptors (Lipinski definition) is 6. The zero-order valence-electron chi connectivity index (χ0n) is 27.1. The quantitative estimate of drug-likeness (QED) is 0.198. The second-order valence-corrected chi connectivity index (χ2v) is 8.87. The number of benzene rings is 2. The summed E-state index contributed by atoms with van der Waals surface area (Å²) in [4.78, 5) is 49.6. The number of para-hydroxylation sites is 1. The van der Waals surface area contributed by atoms with Gasteiger partial charge < -0.3 is 30.5 Å². The van der Waals surface area contributed by atoms with Gasteiger partial charge in [-0.05, 0) is 69.2 Å². The zero-order valence-corrected chi connectivity index (χ0v) is 27.1. The zero-order chi connectivity index (χ0) is 33.2. The van der Waals surface area contributed by atoms with Gasteiger partial charge >= 0.3 is 24.1 Å². The van der Waals surface area contributed by atoms with Crippen LogP contribution >= 0.6 is 0 Å². The molecule has 0 saturated heterocycles.